The van der Waals surface area contributed by atoms with Crippen molar-refractivity contribution < 1.29 is 4.79 Å². The van der Waals surface area contributed by atoms with Crippen LogP contribution in [0.5, 0.6) is 0 Å². The number of halogens is 3. The second kappa shape index (κ2) is 13.6. The molecule has 1 aliphatic rings. The highest BCUT2D eigenvalue weighted by atomic mass is 127. The van der Waals surface area contributed by atoms with Gasteiger partial charge in [-0.1, -0.05) is 35.3 Å². The zero-order chi connectivity index (χ0) is 33.4. The molecule has 5 aromatic rings. The van der Waals surface area contributed by atoms with Crippen molar-refractivity contribution in [3.63, 3.8) is 0 Å². The van der Waals surface area contributed by atoms with Gasteiger partial charge in [0.15, 0.2) is 27.4 Å². The van der Waals surface area contributed by atoms with Gasteiger partial charge in [-0.15, -0.1) is 0 Å². The van der Waals surface area contributed by atoms with Gasteiger partial charge in [0, 0.05) is 53.8 Å². The summed E-state index contributed by atoms with van der Waals surface area (Å²) < 4.78 is 4.35. The molecule has 4 aromatic heterocycles. The molecule has 11 nitrogen and oxygen atoms in total. The number of hydrogen-bond acceptors (Lipinski definition) is 9. The van der Waals surface area contributed by atoms with Crippen molar-refractivity contribution in [2.45, 2.75) is 65.0 Å². The summed E-state index contributed by atoms with van der Waals surface area (Å²) in [7, 11) is 0. The van der Waals surface area contributed by atoms with Crippen molar-refractivity contribution in [3.8, 4) is 11.3 Å². The lowest BCUT2D eigenvalue weighted by atomic mass is 9.98. The molecule has 1 saturated carbocycles. The Labute approximate surface area is 292 Å². The van der Waals surface area contributed by atoms with E-state index >= 15 is 0 Å². The van der Waals surface area contributed by atoms with Gasteiger partial charge in [-0.3, -0.25) is 4.79 Å². The maximum Gasteiger partial charge on any atom is 0.178 e. The highest BCUT2D eigenvalue weighted by Crippen LogP contribution is 2.34. The number of nitrogens with one attached hydrogen (secondary N) is 2. The minimum absolute atomic E-state index is 0.228. The molecule has 1 aliphatic carbocycles. The summed E-state index contributed by atoms with van der Waals surface area (Å²) in [4.78, 5) is 21.3. The van der Waals surface area contributed by atoms with Crippen LogP contribution in [0.15, 0.2) is 42.7 Å². The average molecular weight is 778 g/mol. The van der Waals surface area contributed by atoms with E-state index < -0.39 is 0 Å². The number of carbonyl (C=O) groups is 1. The van der Waals surface area contributed by atoms with Crippen LogP contribution in [0.4, 0.5) is 11.4 Å². The van der Waals surface area contributed by atoms with Gasteiger partial charge in [0.25, 0.3) is 0 Å². The molecule has 0 saturated heterocycles. The van der Waals surface area contributed by atoms with Crippen LogP contribution < -0.4 is 22.1 Å². The number of carbonyl (C=O) groups excluding carboxylic acids is 1. The van der Waals surface area contributed by atoms with E-state index in [-0.39, 0.29) is 16.9 Å². The molecule has 0 unspecified atom stereocenters. The number of ketones is 1. The fourth-order valence-corrected chi connectivity index (χ4v) is 5.63. The first-order chi connectivity index (χ1) is 21.6. The highest BCUT2D eigenvalue weighted by Gasteiger charge is 2.26. The number of aromatic nitrogens is 6. The Morgan fingerprint density at radius 3 is 2.00 bits per heavy atom. The lowest BCUT2D eigenvalue weighted by molar-refractivity contribution is 0.0975. The molecule has 4 heterocycles. The molecule has 0 bridgehead atoms. The van der Waals surface area contributed by atoms with Crippen molar-refractivity contribution >= 4 is 74.2 Å². The first-order valence-corrected chi connectivity index (χ1v) is 16.9. The molecule has 14 heteroatoms. The van der Waals surface area contributed by atoms with E-state index in [0.29, 0.717) is 41.4 Å². The molecule has 244 valence electrons. The monoisotopic (exact) mass is 776 g/mol. The van der Waals surface area contributed by atoms with E-state index in [1.54, 1.807) is 33.6 Å². The topological polar surface area (TPSA) is 154 Å². The maximum absolute atomic E-state index is 12.5. The zero-order valence-corrected chi connectivity index (χ0v) is 30.2. The van der Waals surface area contributed by atoms with Crippen LogP contribution in [0, 0.1) is 16.5 Å². The second-order valence-corrected chi connectivity index (χ2v) is 15.1. The Bertz CT molecular complexity index is 1890. The summed E-state index contributed by atoms with van der Waals surface area (Å²) in [6.45, 7) is 11.0. The Hall–Kier alpha value is -3.04. The highest BCUT2D eigenvalue weighted by molar-refractivity contribution is 14.1. The number of nitrogens with two attached hydrogens (primary N) is 2. The van der Waals surface area contributed by atoms with Crippen LogP contribution in [-0.4, -0.2) is 59.1 Å². The molecule has 46 heavy (non-hydrogen) atoms. The SMILES string of the molecule is CC(C)(N)CNc1cc(Cl)nn2c(I)cnc12.Cc1cc(-c2cnc3c(NCC(C)(C)N)cc(Cl)nn23)ccc1C(=O)CC1CC1. The van der Waals surface area contributed by atoms with Gasteiger partial charge in [0.1, 0.15) is 3.70 Å². The Morgan fingerprint density at radius 1 is 0.913 bits per heavy atom. The van der Waals surface area contributed by atoms with Crippen molar-refractivity contribution in [2.75, 3.05) is 23.7 Å². The standard InChI is InChI=1S/C22H26ClN5O.C10H13ClIN5/c1-13-8-15(6-7-16(13)19(29)9-14-4-5-14)18-11-25-21-17(26-12-22(2,3)24)10-20(23)27-28(18)21;1-10(2,13)5-15-6-3-7(11)16-17-8(12)4-14-9(6)17/h6-8,10-11,14,26H,4-5,9,12,24H2,1-3H3;3-4,15H,5,13H2,1-2H3. The Balaban J connectivity index is 0.000000209. The summed E-state index contributed by atoms with van der Waals surface area (Å²) >= 11 is 14.4. The molecule has 0 atom stereocenters. The number of Topliss-reactive ketones (excluding diaryl/α,β-unsaturated/α-hetero) is 1. The molecule has 0 radical (unpaired) electrons. The molecule has 1 fully saturated rings. The van der Waals surface area contributed by atoms with Crippen molar-refractivity contribution in [2.24, 2.45) is 17.4 Å². The number of fused-ring (bicyclic) bond motifs is 2. The quantitative estimate of drug-likeness (QED) is 0.0905. The molecule has 0 aliphatic heterocycles. The van der Waals surface area contributed by atoms with E-state index in [2.05, 4.69) is 53.4 Å². The van der Waals surface area contributed by atoms with Crippen LogP contribution in [0.1, 0.15) is 62.9 Å². The molecule has 1 aromatic carbocycles. The molecule has 0 amide bonds. The fourth-order valence-electron chi connectivity index (χ4n) is 4.78. The summed E-state index contributed by atoms with van der Waals surface area (Å²) in [5.41, 5.74) is 17.9. The smallest absolute Gasteiger partial charge is 0.178 e. The van der Waals surface area contributed by atoms with Crippen LogP contribution in [0.3, 0.4) is 0 Å². The Kier molecular flexibility index (Phi) is 10.1. The van der Waals surface area contributed by atoms with Gasteiger partial charge < -0.3 is 22.1 Å². The largest absolute Gasteiger partial charge is 0.380 e. The van der Waals surface area contributed by atoms with Gasteiger partial charge in [-0.2, -0.15) is 10.2 Å². The third kappa shape index (κ3) is 8.65. The van der Waals surface area contributed by atoms with Gasteiger partial charge in [0.05, 0.1) is 29.5 Å². The van der Waals surface area contributed by atoms with E-state index in [9.17, 15) is 4.79 Å². The molecule has 0 spiro atoms. The minimum atomic E-state index is -0.373. The first-order valence-electron chi connectivity index (χ1n) is 15.0. The van der Waals surface area contributed by atoms with Crippen molar-refractivity contribution in [3.05, 3.63) is 67.9 Å². The predicted octanol–water partition coefficient (Wildman–Crippen LogP) is 6.63. The van der Waals surface area contributed by atoms with E-state index in [1.807, 2.05) is 52.8 Å². The number of aryl methyl sites for hydroxylation is 1. The number of imidazole rings is 2. The van der Waals surface area contributed by atoms with Crippen LogP contribution in [0.2, 0.25) is 10.3 Å². The van der Waals surface area contributed by atoms with E-state index in [0.717, 1.165) is 43.1 Å². The average Bonchev–Trinajstić information content (AvgIpc) is 3.55. The second-order valence-electron chi connectivity index (χ2n) is 13.2. The number of benzene rings is 1. The number of nitrogens with zero attached hydrogens (tertiary/aromatic N) is 6. The minimum Gasteiger partial charge on any atom is -0.380 e. The predicted molar refractivity (Wildman–Crippen MR) is 194 cm³/mol. The molecule has 6 N–H and O–H groups in total. The number of anilines is 2. The fraction of sp³-hybridized carbons (Fsp3) is 0.406. The number of rotatable bonds is 10. The van der Waals surface area contributed by atoms with Gasteiger partial charge >= 0.3 is 0 Å². The lowest BCUT2D eigenvalue weighted by Gasteiger charge is -2.20. The van der Waals surface area contributed by atoms with Gasteiger partial charge in [-0.05, 0) is 87.6 Å². The van der Waals surface area contributed by atoms with Crippen LogP contribution >= 0.6 is 45.8 Å². The van der Waals surface area contributed by atoms with Crippen molar-refractivity contribution in [1.29, 1.82) is 0 Å². The maximum atomic E-state index is 12.5. The van der Waals surface area contributed by atoms with E-state index in [4.69, 9.17) is 34.7 Å². The van der Waals surface area contributed by atoms with E-state index in [1.165, 1.54) is 12.8 Å². The summed E-state index contributed by atoms with van der Waals surface area (Å²) in [6, 6.07) is 9.39. The lowest BCUT2D eigenvalue weighted by Crippen LogP contribution is -2.39. The van der Waals surface area contributed by atoms with Gasteiger partial charge in [0.2, 0.25) is 0 Å². The summed E-state index contributed by atoms with van der Waals surface area (Å²) in [6.07, 6.45) is 6.53. The van der Waals surface area contributed by atoms with Crippen LogP contribution in [0.25, 0.3) is 22.6 Å². The number of hydrogen-bond donors (Lipinski definition) is 4. The normalized spacial score (nSPS) is 13.5. The summed E-state index contributed by atoms with van der Waals surface area (Å²) in [5.74, 6) is 0.808. The molecular weight excluding hydrogens is 738 g/mol. The van der Waals surface area contributed by atoms with Crippen LogP contribution in [-0.2, 0) is 0 Å². The first kappa shape index (κ1) is 34.3. The zero-order valence-electron chi connectivity index (χ0n) is 26.5. The third-order valence-electron chi connectivity index (χ3n) is 7.30. The molecular formula is C32H39Cl2IN10O. The summed E-state index contributed by atoms with van der Waals surface area (Å²) in [5, 5.41) is 16.0. The molecule has 6 rings (SSSR count). The van der Waals surface area contributed by atoms with Gasteiger partial charge in [-0.25, -0.2) is 19.0 Å². The third-order valence-corrected chi connectivity index (χ3v) is 8.40. The van der Waals surface area contributed by atoms with Crippen molar-refractivity contribution in [1.82, 2.24) is 29.2 Å². The Morgan fingerprint density at radius 2 is 1.46 bits per heavy atom.